The molecule has 0 aliphatic rings. The molecular formula is C24H34O2. The van der Waals surface area contributed by atoms with Crippen molar-refractivity contribution in [3.05, 3.63) is 57.6 Å². The van der Waals surface area contributed by atoms with Crippen LogP contribution in [0.4, 0.5) is 0 Å². The monoisotopic (exact) mass is 354 g/mol. The van der Waals surface area contributed by atoms with E-state index in [1.165, 1.54) is 22.3 Å². The van der Waals surface area contributed by atoms with E-state index in [0.717, 1.165) is 22.6 Å². The Hall–Kier alpha value is -1.96. The maximum absolute atomic E-state index is 5.90. The van der Waals surface area contributed by atoms with Gasteiger partial charge in [-0.05, 0) is 60.4 Å². The Morgan fingerprint density at radius 3 is 1.54 bits per heavy atom. The van der Waals surface area contributed by atoms with Gasteiger partial charge in [-0.25, -0.2) is 0 Å². The Kier molecular flexibility index (Phi) is 6.39. The van der Waals surface area contributed by atoms with Crippen molar-refractivity contribution >= 4 is 0 Å². The molecule has 1 atom stereocenters. The quantitative estimate of drug-likeness (QED) is 0.586. The lowest BCUT2D eigenvalue weighted by Crippen LogP contribution is -2.14. The van der Waals surface area contributed by atoms with Gasteiger partial charge < -0.3 is 9.47 Å². The van der Waals surface area contributed by atoms with Gasteiger partial charge in [0.1, 0.15) is 11.5 Å². The van der Waals surface area contributed by atoms with Gasteiger partial charge >= 0.3 is 0 Å². The number of rotatable bonds is 6. The summed E-state index contributed by atoms with van der Waals surface area (Å²) in [5, 5.41) is 0. The average Bonchev–Trinajstić information content (AvgIpc) is 2.60. The van der Waals surface area contributed by atoms with Crippen molar-refractivity contribution < 1.29 is 9.47 Å². The molecule has 1 unspecified atom stereocenters. The molecule has 2 rings (SSSR count). The van der Waals surface area contributed by atoms with E-state index in [1.807, 2.05) is 0 Å². The lowest BCUT2D eigenvalue weighted by Gasteiger charge is -2.29. The third-order valence-corrected chi connectivity index (χ3v) is 5.58. The summed E-state index contributed by atoms with van der Waals surface area (Å²) in [6.45, 7) is 15.4. The maximum atomic E-state index is 5.90. The van der Waals surface area contributed by atoms with Crippen molar-refractivity contribution in [2.24, 2.45) is 5.92 Å². The smallest absolute Gasteiger partial charge is 0.126 e. The third kappa shape index (κ3) is 3.60. The highest BCUT2D eigenvalue weighted by atomic mass is 16.5. The maximum Gasteiger partial charge on any atom is 0.126 e. The summed E-state index contributed by atoms with van der Waals surface area (Å²) in [5.74, 6) is 3.22. The molecule has 2 nitrogen and oxygen atoms in total. The summed E-state index contributed by atoms with van der Waals surface area (Å²) in [6, 6.07) is 9.08. The van der Waals surface area contributed by atoms with Gasteiger partial charge in [0.05, 0.1) is 14.2 Å². The molecule has 0 amide bonds. The molecule has 0 aliphatic heterocycles. The van der Waals surface area contributed by atoms with E-state index >= 15 is 0 Å². The minimum Gasteiger partial charge on any atom is -0.496 e. The minimum atomic E-state index is 0.263. The Morgan fingerprint density at radius 1 is 0.654 bits per heavy atom. The van der Waals surface area contributed by atoms with Gasteiger partial charge in [0.25, 0.3) is 0 Å². The number of ether oxygens (including phenoxy) is 2. The van der Waals surface area contributed by atoms with Crippen LogP contribution in [0.5, 0.6) is 11.5 Å². The molecule has 0 aromatic heterocycles. The first-order valence-electron chi connectivity index (χ1n) is 9.55. The number of hydrogen-bond acceptors (Lipinski definition) is 2. The van der Waals surface area contributed by atoms with Crippen LogP contribution >= 0.6 is 0 Å². The first-order chi connectivity index (χ1) is 12.2. The van der Waals surface area contributed by atoms with Crippen molar-refractivity contribution in [1.29, 1.82) is 0 Å². The summed E-state index contributed by atoms with van der Waals surface area (Å²) < 4.78 is 11.7. The summed E-state index contributed by atoms with van der Waals surface area (Å²) in [4.78, 5) is 0. The highest BCUT2D eigenvalue weighted by molar-refractivity contribution is 5.61. The molecule has 0 radical (unpaired) electrons. The largest absolute Gasteiger partial charge is 0.496 e. The molecule has 0 saturated carbocycles. The molecule has 2 aromatic rings. The molecular weight excluding hydrogens is 320 g/mol. The summed E-state index contributed by atoms with van der Waals surface area (Å²) in [7, 11) is 3.53. The predicted octanol–water partition coefficient (Wildman–Crippen LogP) is 6.54. The van der Waals surface area contributed by atoms with Crippen molar-refractivity contribution in [2.75, 3.05) is 14.2 Å². The Bertz CT molecular complexity index is 755. The SMILES string of the molecule is COc1c(C)c(C)c(OC)c(C(c2ccc(C(C)C)cc2)C(C)C)c1C. The normalized spacial score (nSPS) is 12.6. The van der Waals surface area contributed by atoms with Crippen LogP contribution in [0.25, 0.3) is 0 Å². The second kappa shape index (κ2) is 8.16. The molecule has 26 heavy (non-hydrogen) atoms. The molecule has 0 spiro atoms. The molecule has 0 aliphatic carbocycles. The van der Waals surface area contributed by atoms with Gasteiger partial charge in [0, 0.05) is 11.5 Å². The fourth-order valence-corrected chi connectivity index (χ4v) is 4.03. The molecule has 2 aromatic carbocycles. The van der Waals surface area contributed by atoms with Crippen LogP contribution in [0.1, 0.15) is 72.9 Å². The first kappa shape index (κ1) is 20.4. The van der Waals surface area contributed by atoms with Gasteiger partial charge in [-0.3, -0.25) is 0 Å². The topological polar surface area (TPSA) is 18.5 Å². The van der Waals surface area contributed by atoms with Crippen molar-refractivity contribution in [3.8, 4) is 11.5 Å². The van der Waals surface area contributed by atoms with Crippen LogP contribution in [-0.4, -0.2) is 14.2 Å². The fourth-order valence-electron chi connectivity index (χ4n) is 4.03. The van der Waals surface area contributed by atoms with E-state index in [1.54, 1.807) is 14.2 Å². The third-order valence-electron chi connectivity index (χ3n) is 5.58. The van der Waals surface area contributed by atoms with E-state index in [-0.39, 0.29) is 5.92 Å². The molecule has 2 heteroatoms. The highest BCUT2D eigenvalue weighted by Gasteiger charge is 2.28. The van der Waals surface area contributed by atoms with Gasteiger partial charge in [-0.1, -0.05) is 52.0 Å². The second-order valence-corrected chi connectivity index (χ2v) is 7.90. The average molecular weight is 355 g/mol. The van der Waals surface area contributed by atoms with E-state index in [0.29, 0.717) is 11.8 Å². The Morgan fingerprint density at radius 2 is 1.12 bits per heavy atom. The van der Waals surface area contributed by atoms with Crippen LogP contribution in [-0.2, 0) is 0 Å². The molecule has 0 N–H and O–H groups in total. The Balaban J connectivity index is 2.73. The van der Waals surface area contributed by atoms with Crippen LogP contribution in [0.2, 0.25) is 0 Å². The van der Waals surface area contributed by atoms with E-state index in [2.05, 4.69) is 72.7 Å². The predicted molar refractivity (Wildman–Crippen MR) is 111 cm³/mol. The standard InChI is InChI=1S/C24H34O2/c1-14(2)19-10-12-20(13-11-19)21(15(3)4)22-18(7)23(25-8)16(5)17(6)24(22)26-9/h10-15,21H,1-9H3. The molecule has 0 fully saturated rings. The van der Waals surface area contributed by atoms with E-state index in [4.69, 9.17) is 9.47 Å². The second-order valence-electron chi connectivity index (χ2n) is 7.90. The fraction of sp³-hybridized carbons (Fsp3) is 0.500. The first-order valence-corrected chi connectivity index (χ1v) is 9.55. The van der Waals surface area contributed by atoms with Crippen LogP contribution in [0.15, 0.2) is 24.3 Å². The lowest BCUT2D eigenvalue weighted by atomic mass is 9.78. The van der Waals surface area contributed by atoms with E-state index < -0.39 is 0 Å². The Labute approximate surface area is 159 Å². The minimum absolute atomic E-state index is 0.263. The van der Waals surface area contributed by atoms with E-state index in [9.17, 15) is 0 Å². The molecule has 0 saturated heterocycles. The summed E-state index contributed by atoms with van der Waals surface area (Å²) >= 11 is 0. The molecule has 142 valence electrons. The van der Waals surface area contributed by atoms with Gasteiger partial charge in [-0.15, -0.1) is 0 Å². The van der Waals surface area contributed by atoms with Crippen LogP contribution in [0.3, 0.4) is 0 Å². The zero-order chi connectivity index (χ0) is 19.6. The summed E-state index contributed by atoms with van der Waals surface area (Å²) in [6.07, 6.45) is 0. The number of benzene rings is 2. The molecule has 0 bridgehead atoms. The van der Waals surface area contributed by atoms with Crippen LogP contribution in [0, 0.1) is 26.7 Å². The van der Waals surface area contributed by atoms with Gasteiger partial charge in [0.15, 0.2) is 0 Å². The van der Waals surface area contributed by atoms with Gasteiger partial charge in [-0.2, -0.15) is 0 Å². The van der Waals surface area contributed by atoms with Crippen molar-refractivity contribution in [3.63, 3.8) is 0 Å². The summed E-state index contributed by atoms with van der Waals surface area (Å²) in [5.41, 5.74) is 7.45. The highest BCUT2D eigenvalue weighted by Crippen LogP contribution is 2.46. The number of hydrogen-bond donors (Lipinski definition) is 0. The number of methoxy groups -OCH3 is 2. The van der Waals surface area contributed by atoms with Crippen molar-refractivity contribution in [1.82, 2.24) is 0 Å². The van der Waals surface area contributed by atoms with Gasteiger partial charge in [0.2, 0.25) is 0 Å². The van der Waals surface area contributed by atoms with Crippen molar-refractivity contribution in [2.45, 2.75) is 60.3 Å². The zero-order valence-electron chi connectivity index (χ0n) is 17.9. The van der Waals surface area contributed by atoms with Crippen LogP contribution < -0.4 is 9.47 Å². The lowest BCUT2D eigenvalue weighted by molar-refractivity contribution is 0.384. The molecule has 0 heterocycles. The zero-order valence-corrected chi connectivity index (χ0v) is 17.9.